The molecule has 3 aromatic rings. The highest BCUT2D eigenvalue weighted by Gasteiger charge is 2.05. The highest BCUT2D eigenvalue weighted by atomic mass is 32.1. The van der Waals surface area contributed by atoms with Crippen LogP contribution in [0.1, 0.15) is 0 Å². The monoisotopic (exact) mass is 344 g/mol. The topological polar surface area (TPSA) is 97.4 Å². The van der Waals surface area contributed by atoms with E-state index < -0.39 is 0 Å². The lowest BCUT2D eigenvalue weighted by molar-refractivity contribution is 1.28. The third kappa shape index (κ3) is 4.20. The molecule has 0 amide bonds. The number of rotatable bonds is 5. The Labute approximate surface area is 148 Å². The van der Waals surface area contributed by atoms with Crippen molar-refractivity contribution in [2.24, 2.45) is 0 Å². The van der Waals surface area contributed by atoms with E-state index in [1.807, 2.05) is 47.8 Å². The van der Waals surface area contributed by atoms with Crippen LogP contribution >= 0.6 is 11.3 Å². The van der Waals surface area contributed by atoms with Gasteiger partial charge >= 0.3 is 0 Å². The molecular formula is C18H12N6S. The minimum atomic E-state index is 0.0204. The lowest BCUT2D eigenvalue weighted by atomic mass is 10.2. The normalized spacial score (nSPS) is 9.52. The maximum absolute atomic E-state index is 8.70. The molecule has 0 aliphatic rings. The van der Waals surface area contributed by atoms with Gasteiger partial charge in [0.25, 0.3) is 0 Å². The highest BCUT2D eigenvalue weighted by Crippen LogP contribution is 2.26. The van der Waals surface area contributed by atoms with E-state index in [4.69, 9.17) is 10.5 Å². The van der Waals surface area contributed by atoms with E-state index in [1.165, 1.54) is 17.5 Å². The molecule has 0 atom stereocenters. The van der Waals surface area contributed by atoms with E-state index in [0.717, 1.165) is 27.9 Å². The maximum atomic E-state index is 8.70. The van der Waals surface area contributed by atoms with Crippen LogP contribution < -0.4 is 10.6 Å². The number of nitrogens with zero attached hydrogens (tertiary/aromatic N) is 4. The molecule has 2 heterocycles. The zero-order chi connectivity index (χ0) is 17.5. The lowest BCUT2D eigenvalue weighted by Gasteiger charge is -2.05. The van der Waals surface area contributed by atoms with E-state index in [0.29, 0.717) is 0 Å². The van der Waals surface area contributed by atoms with Crippen LogP contribution in [0.25, 0.3) is 11.4 Å². The van der Waals surface area contributed by atoms with Crippen LogP contribution in [0.4, 0.5) is 16.5 Å². The zero-order valence-electron chi connectivity index (χ0n) is 13.0. The summed E-state index contributed by atoms with van der Waals surface area (Å²) in [6.45, 7) is 0. The summed E-state index contributed by atoms with van der Waals surface area (Å²) in [4.78, 5) is 8.81. The number of allylic oxidation sites excluding steroid dienone is 1. The van der Waals surface area contributed by atoms with Gasteiger partial charge in [-0.3, -0.25) is 4.98 Å². The Kier molecular flexibility index (Phi) is 5.01. The SMILES string of the molecule is N#CC(C#N)=CNc1ccc(Nc2nc(-c3ccccn3)cs2)cc1. The molecule has 1 aromatic carbocycles. The summed E-state index contributed by atoms with van der Waals surface area (Å²) < 4.78 is 0. The summed E-state index contributed by atoms with van der Waals surface area (Å²) in [6, 6.07) is 16.8. The first-order valence-electron chi connectivity index (χ1n) is 7.29. The van der Waals surface area contributed by atoms with E-state index in [9.17, 15) is 0 Å². The minimum Gasteiger partial charge on any atom is -0.360 e. The summed E-state index contributed by atoms with van der Waals surface area (Å²) in [5, 5.41) is 26.3. The summed E-state index contributed by atoms with van der Waals surface area (Å²) in [5.41, 5.74) is 3.35. The Bertz CT molecular complexity index is 945. The molecule has 0 fully saturated rings. The Morgan fingerprint density at radius 1 is 1.00 bits per heavy atom. The average molecular weight is 344 g/mol. The fourth-order valence-corrected chi connectivity index (χ4v) is 2.71. The molecule has 0 spiro atoms. The van der Waals surface area contributed by atoms with E-state index >= 15 is 0 Å². The Morgan fingerprint density at radius 2 is 1.76 bits per heavy atom. The van der Waals surface area contributed by atoms with Gasteiger partial charge in [-0.05, 0) is 36.4 Å². The second-order valence-electron chi connectivity index (χ2n) is 4.88. The van der Waals surface area contributed by atoms with Crippen LogP contribution in [-0.4, -0.2) is 9.97 Å². The van der Waals surface area contributed by atoms with Gasteiger partial charge in [-0.15, -0.1) is 11.3 Å². The van der Waals surface area contributed by atoms with Crippen LogP contribution in [0.15, 0.2) is 65.8 Å². The molecular weight excluding hydrogens is 332 g/mol. The molecule has 0 saturated carbocycles. The molecule has 120 valence electrons. The van der Waals surface area contributed by atoms with Gasteiger partial charge in [0, 0.05) is 29.2 Å². The molecule has 25 heavy (non-hydrogen) atoms. The van der Waals surface area contributed by atoms with Gasteiger partial charge in [0.2, 0.25) is 0 Å². The van der Waals surface area contributed by atoms with E-state index in [1.54, 1.807) is 18.3 Å². The van der Waals surface area contributed by atoms with Crippen LogP contribution in [0.2, 0.25) is 0 Å². The standard InChI is InChI=1S/C18H12N6S/c19-9-13(10-20)11-22-14-4-6-15(7-5-14)23-18-24-17(12-25-18)16-3-1-2-8-21-16/h1-8,11-12,22H,(H,23,24). The second-order valence-corrected chi connectivity index (χ2v) is 5.74. The van der Waals surface area contributed by atoms with Crippen molar-refractivity contribution in [2.75, 3.05) is 10.6 Å². The number of hydrogen-bond donors (Lipinski definition) is 2. The van der Waals surface area contributed by atoms with Crippen molar-refractivity contribution >= 4 is 27.8 Å². The number of nitrogens with one attached hydrogen (secondary N) is 2. The fourth-order valence-electron chi connectivity index (χ4n) is 1.98. The largest absolute Gasteiger partial charge is 0.360 e. The summed E-state index contributed by atoms with van der Waals surface area (Å²) in [5.74, 6) is 0. The molecule has 0 aliphatic heterocycles. The molecule has 0 radical (unpaired) electrons. The lowest BCUT2D eigenvalue weighted by Crippen LogP contribution is -1.92. The number of benzene rings is 1. The first-order valence-corrected chi connectivity index (χ1v) is 8.17. The average Bonchev–Trinajstić information content (AvgIpc) is 3.13. The number of aromatic nitrogens is 2. The predicted octanol–water partition coefficient (Wildman–Crippen LogP) is 4.29. The van der Waals surface area contributed by atoms with Crippen LogP contribution in [-0.2, 0) is 0 Å². The van der Waals surface area contributed by atoms with Gasteiger partial charge in [-0.2, -0.15) is 10.5 Å². The third-order valence-corrected chi connectivity index (χ3v) is 3.95. The molecule has 2 aromatic heterocycles. The first-order chi connectivity index (χ1) is 12.3. The number of hydrogen-bond acceptors (Lipinski definition) is 7. The van der Waals surface area contributed by atoms with Crippen LogP contribution in [0.3, 0.4) is 0 Å². The smallest absolute Gasteiger partial charge is 0.187 e. The summed E-state index contributed by atoms with van der Waals surface area (Å²) >= 11 is 1.50. The first kappa shape index (κ1) is 16.2. The molecule has 6 nitrogen and oxygen atoms in total. The maximum Gasteiger partial charge on any atom is 0.187 e. The fraction of sp³-hybridized carbons (Fsp3) is 0. The van der Waals surface area contributed by atoms with Crippen molar-refractivity contribution in [1.29, 1.82) is 10.5 Å². The Morgan fingerprint density at radius 3 is 2.44 bits per heavy atom. The molecule has 0 unspecified atom stereocenters. The van der Waals surface area contributed by atoms with Gasteiger partial charge in [0.1, 0.15) is 23.4 Å². The van der Waals surface area contributed by atoms with Crippen molar-refractivity contribution in [2.45, 2.75) is 0 Å². The van der Waals surface area contributed by atoms with Gasteiger partial charge in [0.05, 0.1) is 5.69 Å². The van der Waals surface area contributed by atoms with Crippen LogP contribution in [0, 0.1) is 22.7 Å². The molecule has 2 N–H and O–H groups in total. The van der Waals surface area contributed by atoms with Crippen molar-refractivity contribution in [3.8, 4) is 23.5 Å². The van der Waals surface area contributed by atoms with E-state index in [2.05, 4.69) is 20.6 Å². The summed E-state index contributed by atoms with van der Waals surface area (Å²) in [7, 11) is 0. The van der Waals surface area contributed by atoms with Gasteiger partial charge in [-0.25, -0.2) is 4.98 Å². The van der Waals surface area contributed by atoms with Crippen molar-refractivity contribution in [3.63, 3.8) is 0 Å². The van der Waals surface area contributed by atoms with Gasteiger partial charge in [0.15, 0.2) is 5.13 Å². The summed E-state index contributed by atoms with van der Waals surface area (Å²) in [6.07, 6.45) is 3.12. The van der Waals surface area contributed by atoms with Gasteiger partial charge in [-0.1, -0.05) is 6.07 Å². The Hall–Kier alpha value is -3.68. The predicted molar refractivity (Wildman–Crippen MR) is 98.0 cm³/mol. The quantitative estimate of drug-likeness (QED) is 0.670. The number of nitriles is 2. The van der Waals surface area contributed by atoms with E-state index in [-0.39, 0.29) is 5.57 Å². The van der Waals surface area contributed by atoms with Crippen molar-refractivity contribution < 1.29 is 0 Å². The number of thiazole rings is 1. The second kappa shape index (κ2) is 7.73. The third-order valence-electron chi connectivity index (χ3n) is 3.19. The van der Waals surface area contributed by atoms with Crippen molar-refractivity contribution in [1.82, 2.24) is 9.97 Å². The Balaban J connectivity index is 1.66. The van der Waals surface area contributed by atoms with Crippen LogP contribution in [0.5, 0.6) is 0 Å². The minimum absolute atomic E-state index is 0.0204. The number of pyridine rings is 1. The van der Waals surface area contributed by atoms with Gasteiger partial charge < -0.3 is 10.6 Å². The molecule has 0 bridgehead atoms. The number of anilines is 3. The highest BCUT2D eigenvalue weighted by molar-refractivity contribution is 7.14. The molecule has 3 rings (SSSR count). The zero-order valence-corrected chi connectivity index (χ0v) is 13.8. The molecule has 0 aliphatic carbocycles. The van der Waals surface area contributed by atoms with Crippen molar-refractivity contribution in [3.05, 3.63) is 65.8 Å². The molecule has 0 saturated heterocycles. The molecule has 7 heteroatoms.